The Morgan fingerprint density at radius 3 is 1.94 bits per heavy atom. The monoisotopic (exact) mass is 238 g/mol. The highest BCUT2D eigenvalue weighted by Gasteiger charge is 2.04. The number of aryl methyl sites for hydroxylation is 1. The van der Waals surface area contributed by atoms with Gasteiger partial charge in [-0.25, -0.2) is 0 Å². The second-order valence-electron chi connectivity index (χ2n) is 4.76. The fourth-order valence-electron chi connectivity index (χ4n) is 2.20. The van der Waals surface area contributed by atoms with Crippen molar-refractivity contribution in [1.29, 1.82) is 0 Å². The highest BCUT2D eigenvalue weighted by molar-refractivity contribution is 5.16. The highest BCUT2D eigenvalue weighted by Crippen LogP contribution is 2.10. The van der Waals surface area contributed by atoms with Gasteiger partial charge in [0, 0.05) is 6.04 Å². The predicted molar refractivity (Wildman–Crippen MR) is 76.4 cm³/mol. The zero-order valence-corrected chi connectivity index (χ0v) is 10.7. The molecular weight excluding hydrogens is 218 g/mol. The fourth-order valence-corrected chi connectivity index (χ4v) is 2.20. The number of hydrogen-bond donors (Lipinski definition) is 0. The lowest BCUT2D eigenvalue weighted by atomic mass is 10.00. The summed E-state index contributed by atoms with van der Waals surface area (Å²) in [5, 5.41) is 0. The van der Waals surface area contributed by atoms with Crippen molar-refractivity contribution < 1.29 is 0 Å². The molecule has 0 heterocycles. The van der Waals surface area contributed by atoms with Crippen molar-refractivity contribution >= 4 is 0 Å². The lowest BCUT2D eigenvalue weighted by Crippen LogP contribution is -2.12. The van der Waals surface area contributed by atoms with E-state index in [0.29, 0.717) is 0 Å². The summed E-state index contributed by atoms with van der Waals surface area (Å²) >= 11 is 0. The van der Waals surface area contributed by atoms with Crippen molar-refractivity contribution in [2.75, 3.05) is 0 Å². The third-order valence-electron chi connectivity index (χ3n) is 3.19. The highest BCUT2D eigenvalue weighted by atomic mass is 14.6. The number of rotatable bonds is 6. The number of benzene rings is 2. The zero-order valence-electron chi connectivity index (χ0n) is 10.7. The quantitative estimate of drug-likeness (QED) is 0.729. The third kappa shape index (κ3) is 4.34. The molecule has 0 fully saturated rings. The fraction of sp³-hybridized carbons (Fsp3) is 0.294. The van der Waals surface area contributed by atoms with E-state index in [-0.39, 0.29) is 6.04 Å². The van der Waals surface area contributed by atoms with E-state index in [0.717, 1.165) is 25.7 Å². The Labute approximate surface area is 110 Å². The molecule has 1 atom stereocenters. The second-order valence-corrected chi connectivity index (χ2v) is 4.76. The summed E-state index contributed by atoms with van der Waals surface area (Å²) < 4.78 is 0. The molecule has 1 nitrogen and oxygen atoms in total. The van der Waals surface area contributed by atoms with Gasteiger partial charge >= 0.3 is 0 Å². The van der Waals surface area contributed by atoms with Crippen molar-refractivity contribution in [1.82, 2.24) is 5.73 Å². The Kier molecular flexibility index (Phi) is 4.98. The molecule has 1 unspecified atom stereocenters. The Balaban J connectivity index is 1.71. The van der Waals surface area contributed by atoms with Gasteiger partial charge in [-0.05, 0) is 36.8 Å². The first-order valence-corrected chi connectivity index (χ1v) is 6.63. The molecule has 0 aliphatic carbocycles. The molecule has 93 valence electrons. The lowest BCUT2D eigenvalue weighted by Gasteiger charge is -2.10. The van der Waals surface area contributed by atoms with Crippen LogP contribution < -0.4 is 5.73 Å². The van der Waals surface area contributed by atoms with Crippen LogP contribution in [0.3, 0.4) is 0 Å². The molecule has 0 aliphatic heterocycles. The van der Waals surface area contributed by atoms with Crippen LogP contribution in [0.4, 0.5) is 0 Å². The summed E-state index contributed by atoms with van der Waals surface area (Å²) in [4.78, 5) is 0. The van der Waals surface area contributed by atoms with Crippen LogP contribution in [0, 0.1) is 0 Å². The summed E-state index contributed by atoms with van der Waals surface area (Å²) in [5.41, 5.74) is 10.7. The van der Waals surface area contributed by atoms with Gasteiger partial charge in [0.05, 0.1) is 0 Å². The smallest absolute Gasteiger partial charge is 0.0253 e. The third-order valence-corrected chi connectivity index (χ3v) is 3.19. The SMILES string of the molecule is [NH]C(CCCc1ccccc1)Cc1ccccc1. The summed E-state index contributed by atoms with van der Waals surface area (Å²) in [7, 11) is 0. The Bertz CT molecular complexity index is 436. The minimum absolute atomic E-state index is 0.0242. The van der Waals surface area contributed by atoms with Crippen molar-refractivity contribution in [3.63, 3.8) is 0 Å². The van der Waals surface area contributed by atoms with Crippen LogP contribution in [0.15, 0.2) is 60.7 Å². The van der Waals surface area contributed by atoms with Crippen molar-refractivity contribution in [3.05, 3.63) is 71.8 Å². The van der Waals surface area contributed by atoms with E-state index in [1.165, 1.54) is 11.1 Å². The molecular formula is C17H20N. The van der Waals surface area contributed by atoms with E-state index >= 15 is 0 Å². The molecule has 0 bridgehead atoms. The number of hydrogen-bond acceptors (Lipinski definition) is 0. The van der Waals surface area contributed by atoms with E-state index in [2.05, 4.69) is 36.4 Å². The molecule has 0 saturated carbocycles. The molecule has 2 aromatic carbocycles. The maximum absolute atomic E-state index is 8.08. The normalized spacial score (nSPS) is 12.3. The topological polar surface area (TPSA) is 23.8 Å². The Morgan fingerprint density at radius 1 is 0.778 bits per heavy atom. The molecule has 1 radical (unpaired) electrons. The first-order valence-electron chi connectivity index (χ1n) is 6.63. The average Bonchev–Trinajstić information content (AvgIpc) is 2.41. The average molecular weight is 238 g/mol. The standard InChI is InChI=1S/C17H20N/c18-17(14-16-10-5-2-6-11-16)13-7-12-15-8-3-1-4-9-15/h1-6,8-11,17-18H,7,12-14H2. The largest absolute Gasteiger partial charge is 0.254 e. The lowest BCUT2D eigenvalue weighted by molar-refractivity contribution is 0.566. The minimum atomic E-state index is 0.0242. The zero-order chi connectivity index (χ0) is 12.6. The van der Waals surface area contributed by atoms with Crippen LogP contribution in [0.2, 0.25) is 0 Å². The molecule has 0 saturated heterocycles. The minimum Gasteiger partial charge on any atom is -0.254 e. The van der Waals surface area contributed by atoms with Gasteiger partial charge in [-0.2, -0.15) is 0 Å². The van der Waals surface area contributed by atoms with E-state index in [1.54, 1.807) is 0 Å². The van der Waals surface area contributed by atoms with Crippen molar-refractivity contribution in [3.8, 4) is 0 Å². The molecule has 1 N–H and O–H groups in total. The number of nitrogens with one attached hydrogen (secondary N) is 1. The molecule has 0 aliphatic rings. The van der Waals surface area contributed by atoms with Crippen LogP contribution >= 0.6 is 0 Å². The van der Waals surface area contributed by atoms with Crippen LogP contribution in [-0.2, 0) is 12.8 Å². The first-order chi connectivity index (χ1) is 8.84. The van der Waals surface area contributed by atoms with Crippen LogP contribution in [0.25, 0.3) is 0 Å². The Morgan fingerprint density at radius 2 is 1.33 bits per heavy atom. The molecule has 0 spiro atoms. The molecule has 2 rings (SSSR count). The second kappa shape index (κ2) is 6.97. The van der Waals surface area contributed by atoms with Crippen LogP contribution in [0.5, 0.6) is 0 Å². The van der Waals surface area contributed by atoms with Crippen LogP contribution in [-0.4, -0.2) is 6.04 Å². The molecule has 0 amide bonds. The Hall–Kier alpha value is -1.60. The van der Waals surface area contributed by atoms with E-state index < -0.39 is 0 Å². The molecule has 1 heteroatoms. The molecule has 0 aromatic heterocycles. The van der Waals surface area contributed by atoms with Crippen LogP contribution in [0.1, 0.15) is 24.0 Å². The van der Waals surface area contributed by atoms with Crippen molar-refractivity contribution in [2.45, 2.75) is 31.7 Å². The van der Waals surface area contributed by atoms with Gasteiger partial charge in [-0.15, -0.1) is 0 Å². The maximum Gasteiger partial charge on any atom is 0.0253 e. The van der Waals surface area contributed by atoms with Gasteiger partial charge in [0.1, 0.15) is 0 Å². The summed E-state index contributed by atoms with van der Waals surface area (Å²) in [6.45, 7) is 0. The molecule has 18 heavy (non-hydrogen) atoms. The first kappa shape index (κ1) is 12.8. The summed E-state index contributed by atoms with van der Waals surface area (Å²) in [5.74, 6) is 0. The van der Waals surface area contributed by atoms with Gasteiger partial charge in [-0.3, -0.25) is 5.73 Å². The van der Waals surface area contributed by atoms with Gasteiger partial charge in [0.2, 0.25) is 0 Å². The van der Waals surface area contributed by atoms with E-state index in [1.807, 2.05) is 24.3 Å². The van der Waals surface area contributed by atoms with E-state index in [9.17, 15) is 0 Å². The molecule has 2 aromatic rings. The van der Waals surface area contributed by atoms with Crippen molar-refractivity contribution in [2.24, 2.45) is 0 Å². The summed E-state index contributed by atoms with van der Waals surface area (Å²) in [6, 6.07) is 20.9. The summed E-state index contributed by atoms with van der Waals surface area (Å²) in [6.07, 6.45) is 4.04. The van der Waals surface area contributed by atoms with Gasteiger partial charge in [-0.1, -0.05) is 60.7 Å². The van der Waals surface area contributed by atoms with Gasteiger partial charge in [0.15, 0.2) is 0 Å². The predicted octanol–water partition coefficient (Wildman–Crippen LogP) is 3.90. The van der Waals surface area contributed by atoms with Gasteiger partial charge in [0.25, 0.3) is 0 Å². The van der Waals surface area contributed by atoms with E-state index in [4.69, 9.17) is 5.73 Å². The van der Waals surface area contributed by atoms with Gasteiger partial charge < -0.3 is 0 Å². The maximum atomic E-state index is 8.08.